The number of hydrogen-bond donors (Lipinski definition) is 1. The van der Waals surface area contributed by atoms with Crippen LogP contribution in [-0.2, 0) is 9.53 Å². The van der Waals surface area contributed by atoms with Crippen molar-refractivity contribution in [3.8, 4) is 11.3 Å². The van der Waals surface area contributed by atoms with Gasteiger partial charge in [0.15, 0.2) is 6.61 Å². The van der Waals surface area contributed by atoms with Gasteiger partial charge in [-0.3, -0.25) is 4.79 Å². The molecule has 35 heavy (non-hydrogen) atoms. The molecule has 1 heterocycles. The highest BCUT2D eigenvalue weighted by molar-refractivity contribution is 6.07. The minimum Gasteiger partial charge on any atom is -0.452 e. The topological polar surface area (TPSA) is 68.3 Å². The molecule has 172 valence electrons. The molecule has 0 unspecified atom stereocenters. The van der Waals surface area contributed by atoms with Crippen LogP contribution in [0.1, 0.15) is 10.4 Å². The van der Waals surface area contributed by atoms with Gasteiger partial charge in [-0.05, 0) is 35.0 Å². The molecule has 0 atom stereocenters. The van der Waals surface area contributed by atoms with Crippen LogP contribution in [0.4, 0.5) is 14.5 Å². The maximum absolute atomic E-state index is 13.8. The zero-order valence-electron chi connectivity index (χ0n) is 18.3. The molecule has 0 saturated carbocycles. The van der Waals surface area contributed by atoms with Gasteiger partial charge in [0.2, 0.25) is 0 Å². The highest BCUT2D eigenvalue weighted by atomic mass is 19.1. The third kappa shape index (κ3) is 4.56. The Morgan fingerprint density at radius 3 is 2.43 bits per heavy atom. The number of benzene rings is 4. The van der Waals surface area contributed by atoms with Crippen LogP contribution >= 0.6 is 0 Å². The Balaban J connectivity index is 1.45. The van der Waals surface area contributed by atoms with E-state index in [1.165, 1.54) is 0 Å². The van der Waals surface area contributed by atoms with Crippen LogP contribution in [0.25, 0.3) is 32.9 Å². The van der Waals surface area contributed by atoms with E-state index < -0.39 is 30.1 Å². The van der Waals surface area contributed by atoms with E-state index in [0.29, 0.717) is 16.6 Å². The minimum absolute atomic E-state index is 0.239. The van der Waals surface area contributed by atoms with Gasteiger partial charge in [-0.2, -0.15) is 0 Å². The number of carbonyl (C=O) groups excluding carboxylic acids is 2. The lowest BCUT2D eigenvalue weighted by Crippen LogP contribution is -2.21. The van der Waals surface area contributed by atoms with Crippen molar-refractivity contribution < 1.29 is 23.1 Å². The van der Waals surface area contributed by atoms with E-state index in [9.17, 15) is 18.4 Å². The number of para-hydroxylation sites is 1. The van der Waals surface area contributed by atoms with E-state index in [2.05, 4.69) is 5.32 Å². The molecule has 0 bridgehead atoms. The van der Waals surface area contributed by atoms with Crippen LogP contribution in [0.2, 0.25) is 0 Å². The fourth-order valence-corrected chi connectivity index (χ4v) is 3.92. The summed E-state index contributed by atoms with van der Waals surface area (Å²) in [6.07, 6.45) is 0. The van der Waals surface area contributed by atoms with Gasteiger partial charge in [-0.25, -0.2) is 18.6 Å². The monoisotopic (exact) mass is 468 g/mol. The van der Waals surface area contributed by atoms with Gasteiger partial charge in [-0.1, -0.05) is 60.7 Å². The molecule has 5 nitrogen and oxygen atoms in total. The number of rotatable bonds is 5. The van der Waals surface area contributed by atoms with Crippen LogP contribution in [0.15, 0.2) is 91.0 Å². The summed E-state index contributed by atoms with van der Waals surface area (Å²) in [5, 5.41) is 4.79. The first kappa shape index (κ1) is 22.2. The van der Waals surface area contributed by atoms with Gasteiger partial charge in [0.1, 0.15) is 11.6 Å². The predicted molar refractivity (Wildman–Crippen MR) is 130 cm³/mol. The maximum atomic E-state index is 13.8. The number of ether oxygens (including phenoxy) is 1. The molecule has 5 rings (SSSR count). The van der Waals surface area contributed by atoms with Gasteiger partial charge in [0.05, 0.1) is 22.5 Å². The number of esters is 1. The summed E-state index contributed by atoms with van der Waals surface area (Å²) in [4.78, 5) is 30.0. The second-order valence-electron chi connectivity index (χ2n) is 7.85. The number of fused-ring (bicyclic) bond motifs is 2. The lowest BCUT2D eigenvalue weighted by Gasteiger charge is -2.12. The number of hydrogen-bond acceptors (Lipinski definition) is 4. The summed E-state index contributed by atoms with van der Waals surface area (Å²) < 4.78 is 32.4. The van der Waals surface area contributed by atoms with E-state index in [-0.39, 0.29) is 11.3 Å². The predicted octanol–water partition coefficient (Wildman–Crippen LogP) is 6.13. The first-order valence-corrected chi connectivity index (χ1v) is 10.8. The van der Waals surface area contributed by atoms with Gasteiger partial charge in [0, 0.05) is 17.0 Å². The SMILES string of the molecule is O=C(COC(=O)c1cc(-c2cccc3ccccc23)nc2ccccc12)Nc1cc(F)ccc1F. The molecule has 0 radical (unpaired) electrons. The maximum Gasteiger partial charge on any atom is 0.339 e. The largest absolute Gasteiger partial charge is 0.452 e. The van der Waals surface area contributed by atoms with Crippen molar-refractivity contribution in [1.82, 2.24) is 4.98 Å². The number of nitrogens with one attached hydrogen (secondary N) is 1. The standard InChI is InChI=1S/C28H18F2N2O3/c29-18-12-13-23(30)26(14-18)32-27(33)16-35-28(34)22-15-25(31-24-11-4-3-9-21(22)24)20-10-5-7-17-6-1-2-8-19(17)20/h1-15H,16H2,(H,32,33). The molecule has 7 heteroatoms. The fourth-order valence-electron chi connectivity index (χ4n) is 3.92. The summed E-state index contributed by atoms with van der Waals surface area (Å²) in [5.41, 5.74) is 1.93. The zero-order chi connectivity index (χ0) is 24.4. The number of nitrogens with zero attached hydrogens (tertiary/aromatic N) is 1. The van der Waals surface area contributed by atoms with Crippen LogP contribution in [0.5, 0.6) is 0 Å². The van der Waals surface area contributed by atoms with E-state index in [1.807, 2.05) is 48.5 Å². The van der Waals surface area contributed by atoms with Gasteiger partial charge in [-0.15, -0.1) is 0 Å². The first-order valence-electron chi connectivity index (χ1n) is 10.8. The van der Waals surface area contributed by atoms with Crippen LogP contribution in [0, 0.1) is 11.6 Å². The molecule has 0 spiro atoms. The summed E-state index contributed by atoms with van der Waals surface area (Å²) in [5.74, 6) is -3.04. The Morgan fingerprint density at radius 1 is 0.829 bits per heavy atom. The number of amides is 1. The third-order valence-corrected chi connectivity index (χ3v) is 5.54. The molecule has 5 aromatic rings. The Labute approximate surface area is 199 Å². The lowest BCUT2D eigenvalue weighted by atomic mass is 9.99. The van der Waals surface area contributed by atoms with Crippen molar-refractivity contribution in [1.29, 1.82) is 0 Å². The van der Waals surface area contributed by atoms with Crippen molar-refractivity contribution >= 4 is 39.2 Å². The van der Waals surface area contributed by atoms with Crippen molar-refractivity contribution in [2.24, 2.45) is 0 Å². The second-order valence-corrected chi connectivity index (χ2v) is 7.85. The Kier molecular flexibility index (Phi) is 5.89. The van der Waals surface area contributed by atoms with Gasteiger partial charge in [0.25, 0.3) is 5.91 Å². The molecule has 4 aromatic carbocycles. The molecular formula is C28H18F2N2O3. The molecule has 0 fully saturated rings. The van der Waals surface area contributed by atoms with E-state index in [4.69, 9.17) is 9.72 Å². The molecule has 0 aliphatic rings. The fraction of sp³-hybridized carbons (Fsp3) is 0.0357. The van der Waals surface area contributed by atoms with E-state index >= 15 is 0 Å². The van der Waals surface area contributed by atoms with Crippen LogP contribution < -0.4 is 5.32 Å². The lowest BCUT2D eigenvalue weighted by molar-refractivity contribution is -0.119. The van der Waals surface area contributed by atoms with Crippen LogP contribution in [-0.4, -0.2) is 23.5 Å². The average Bonchev–Trinajstić information content (AvgIpc) is 2.88. The van der Waals surface area contributed by atoms with Crippen LogP contribution in [0.3, 0.4) is 0 Å². The van der Waals surface area contributed by atoms with Crippen molar-refractivity contribution in [2.45, 2.75) is 0 Å². The summed E-state index contributed by atoms with van der Waals surface area (Å²) in [7, 11) is 0. The molecule has 0 aliphatic heterocycles. The number of aromatic nitrogens is 1. The highest BCUT2D eigenvalue weighted by Crippen LogP contribution is 2.30. The van der Waals surface area contributed by atoms with Crippen molar-refractivity contribution in [2.75, 3.05) is 11.9 Å². The number of anilines is 1. The number of pyridine rings is 1. The average molecular weight is 468 g/mol. The smallest absolute Gasteiger partial charge is 0.339 e. The molecular weight excluding hydrogens is 450 g/mol. The van der Waals surface area contributed by atoms with Gasteiger partial charge >= 0.3 is 5.97 Å². The summed E-state index contributed by atoms with van der Waals surface area (Å²) in [6.45, 7) is -0.672. The third-order valence-electron chi connectivity index (χ3n) is 5.54. The summed E-state index contributed by atoms with van der Waals surface area (Å²) in [6, 6.07) is 25.1. The highest BCUT2D eigenvalue weighted by Gasteiger charge is 2.18. The Hall–Kier alpha value is -4.65. The minimum atomic E-state index is -0.800. The van der Waals surface area contributed by atoms with Gasteiger partial charge < -0.3 is 10.1 Å². The first-order chi connectivity index (χ1) is 17.0. The van der Waals surface area contributed by atoms with Crippen molar-refractivity contribution in [3.05, 3.63) is 108 Å². The Morgan fingerprint density at radius 2 is 1.57 bits per heavy atom. The molecule has 1 N–H and O–H groups in total. The number of carbonyl (C=O) groups is 2. The molecule has 1 amide bonds. The van der Waals surface area contributed by atoms with E-state index in [0.717, 1.165) is 34.5 Å². The summed E-state index contributed by atoms with van der Waals surface area (Å²) >= 11 is 0. The quantitative estimate of drug-likeness (QED) is 0.315. The normalized spacial score (nSPS) is 10.9. The zero-order valence-corrected chi connectivity index (χ0v) is 18.3. The number of halogens is 2. The molecule has 1 aromatic heterocycles. The Bertz CT molecular complexity index is 1600. The van der Waals surface area contributed by atoms with Crippen molar-refractivity contribution in [3.63, 3.8) is 0 Å². The molecule has 0 saturated heterocycles. The second kappa shape index (κ2) is 9.30. The van der Waals surface area contributed by atoms with E-state index in [1.54, 1.807) is 24.3 Å². The molecule has 0 aliphatic carbocycles.